The van der Waals surface area contributed by atoms with Crippen molar-refractivity contribution in [3.63, 3.8) is 0 Å². The monoisotopic (exact) mass is 208 g/mol. The van der Waals surface area contributed by atoms with Gasteiger partial charge in [0.2, 0.25) is 5.91 Å². The summed E-state index contributed by atoms with van der Waals surface area (Å²) in [7, 11) is 0. The lowest BCUT2D eigenvalue weighted by atomic mass is 10.4. The summed E-state index contributed by atoms with van der Waals surface area (Å²) in [5.41, 5.74) is 5.96. The van der Waals surface area contributed by atoms with E-state index in [4.69, 9.17) is 11.0 Å². The minimum atomic E-state index is -0.432. The second-order valence-electron chi connectivity index (χ2n) is 2.54. The molecule has 0 aliphatic rings. The molecule has 0 aromatic carbocycles. The van der Waals surface area contributed by atoms with Crippen LogP contribution in [0.15, 0.2) is 11.2 Å². The van der Waals surface area contributed by atoms with Crippen LogP contribution in [0.1, 0.15) is 11.4 Å². The van der Waals surface area contributed by atoms with Crippen LogP contribution in [0.25, 0.3) is 0 Å². The predicted octanol–water partition coefficient (Wildman–Crippen LogP) is 0.234. The Kier molecular flexibility index (Phi) is 3.42. The normalized spacial score (nSPS) is 9.43. The quantitative estimate of drug-likeness (QED) is 0.567. The lowest BCUT2D eigenvalue weighted by Gasteiger charge is -1.99. The lowest BCUT2D eigenvalue weighted by Crippen LogP contribution is -2.13. The van der Waals surface area contributed by atoms with Crippen molar-refractivity contribution in [3.8, 4) is 6.07 Å². The first kappa shape index (κ1) is 10.5. The molecule has 0 spiro atoms. The van der Waals surface area contributed by atoms with Crippen LogP contribution in [0.3, 0.4) is 0 Å². The van der Waals surface area contributed by atoms with E-state index in [1.54, 1.807) is 13.0 Å². The molecule has 1 rings (SSSR count). The minimum Gasteiger partial charge on any atom is -0.369 e. The van der Waals surface area contributed by atoms with E-state index in [1.165, 1.54) is 0 Å². The van der Waals surface area contributed by atoms with E-state index in [0.717, 1.165) is 11.8 Å². The number of carbonyl (C=O) groups is 1. The number of hydrogen-bond acceptors (Lipinski definition) is 5. The number of primary amides is 1. The van der Waals surface area contributed by atoms with Crippen LogP contribution in [0.2, 0.25) is 0 Å². The number of nitrogens with two attached hydrogens (primary N) is 1. The Balaban J connectivity index is 2.82. The van der Waals surface area contributed by atoms with Crippen LogP contribution >= 0.6 is 11.8 Å². The standard InChI is InChI=1S/C8H8N4OS/c1-5-2-6(3-9)12-8(11-5)14-4-7(10)13/h2H,4H2,1H3,(H2,10,13). The molecule has 0 atom stereocenters. The second kappa shape index (κ2) is 4.58. The number of nitriles is 1. The highest BCUT2D eigenvalue weighted by atomic mass is 32.2. The van der Waals surface area contributed by atoms with Gasteiger partial charge in [-0.25, -0.2) is 9.97 Å². The van der Waals surface area contributed by atoms with Gasteiger partial charge in [-0.15, -0.1) is 0 Å². The zero-order chi connectivity index (χ0) is 10.6. The first-order valence-electron chi connectivity index (χ1n) is 3.78. The largest absolute Gasteiger partial charge is 0.369 e. The number of aromatic nitrogens is 2. The van der Waals surface area contributed by atoms with E-state index in [0.29, 0.717) is 16.5 Å². The van der Waals surface area contributed by atoms with Crippen LogP contribution in [0.5, 0.6) is 0 Å². The fourth-order valence-electron chi connectivity index (χ4n) is 0.799. The van der Waals surface area contributed by atoms with E-state index in [9.17, 15) is 4.79 Å². The van der Waals surface area contributed by atoms with Gasteiger partial charge < -0.3 is 5.73 Å². The van der Waals surface area contributed by atoms with Crippen LogP contribution in [0.4, 0.5) is 0 Å². The molecule has 0 unspecified atom stereocenters. The van der Waals surface area contributed by atoms with E-state index < -0.39 is 5.91 Å². The number of amides is 1. The van der Waals surface area contributed by atoms with Gasteiger partial charge in [-0.05, 0) is 13.0 Å². The van der Waals surface area contributed by atoms with Gasteiger partial charge in [0.05, 0.1) is 5.75 Å². The third-order valence-electron chi connectivity index (χ3n) is 1.29. The molecular formula is C8H8N4OS. The van der Waals surface area contributed by atoms with Gasteiger partial charge in [-0.2, -0.15) is 5.26 Å². The average molecular weight is 208 g/mol. The fourth-order valence-corrected chi connectivity index (χ4v) is 1.44. The Morgan fingerprint density at radius 1 is 1.71 bits per heavy atom. The zero-order valence-corrected chi connectivity index (χ0v) is 8.34. The molecule has 0 saturated carbocycles. The highest BCUT2D eigenvalue weighted by Gasteiger charge is 2.03. The molecule has 0 bridgehead atoms. The molecule has 6 heteroatoms. The number of nitrogens with zero attached hydrogens (tertiary/aromatic N) is 3. The maximum absolute atomic E-state index is 10.5. The molecule has 0 fully saturated rings. The number of carbonyl (C=O) groups excluding carboxylic acids is 1. The van der Waals surface area contributed by atoms with Crippen molar-refractivity contribution >= 4 is 17.7 Å². The third kappa shape index (κ3) is 3.03. The molecule has 2 N–H and O–H groups in total. The van der Waals surface area contributed by atoms with E-state index >= 15 is 0 Å². The first-order chi connectivity index (χ1) is 6.61. The van der Waals surface area contributed by atoms with Gasteiger partial charge in [-0.1, -0.05) is 11.8 Å². The molecule has 0 saturated heterocycles. The van der Waals surface area contributed by atoms with Crippen molar-refractivity contribution in [2.75, 3.05) is 5.75 Å². The molecule has 1 amide bonds. The fraction of sp³-hybridized carbons (Fsp3) is 0.250. The Morgan fingerprint density at radius 3 is 3.00 bits per heavy atom. The molecule has 0 radical (unpaired) electrons. The number of thioether (sulfide) groups is 1. The topological polar surface area (TPSA) is 92.7 Å². The van der Waals surface area contributed by atoms with Crippen molar-refractivity contribution < 1.29 is 4.79 Å². The maximum Gasteiger partial charge on any atom is 0.227 e. The highest BCUT2D eigenvalue weighted by Crippen LogP contribution is 2.12. The molecule has 1 aromatic heterocycles. The Morgan fingerprint density at radius 2 is 2.43 bits per heavy atom. The van der Waals surface area contributed by atoms with Crippen molar-refractivity contribution in [2.24, 2.45) is 5.73 Å². The number of hydrogen-bond donors (Lipinski definition) is 1. The summed E-state index contributed by atoms with van der Waals surface area (Å²) in [5, 5.41) is 9.03. The molecule has 0 aliphatic carbocycles. The first-order valence-corrected chi connectivity index (χ1v) is 4.77. The molecule has 72 valence electrons. The molecule has 1 aromatic rings. The maximum atomic E-state index is 10.5. The lowest BCUT2D eigenvalue weighted by molar-refractivity contribution is -0.115. The summed E-state index contributed by atoms with van der Waals surface area (Å²) in [5.74, 6) is -0.312. The third-order valence-corrected chi connectivity index (χ3v) is 2.16. The van der Waals surface area contributed by atoms with Crippen molar-refractivity contribution in [1.29, 1.82) is 5.26 Å². The summed E-state index contributed by atoms with van der Waals surface area (Å²) >= 11 is 1.12. The predicted molar refractivity (Wildman–Crippen MR) is 51.4 cm³/mol. The van der Waals surface area contributed by atoms with Crippen LogP contribution in [-0.4, -0.2) is 21.6 Å². The summed E-state index contributed by atoms with van der Waals surface area (Å²) in [6, 6.07) is 3.49. The summed E-state index contributed by atoms with van der Waals surface area (Å²) in [4.78, 5) is 18.4. The number of aryl methyl sites for hydroxylation is 1. The van der Waals surface area contributed by atoms with E-state index in [-0.39, 0.29) is 5.75 Å². The SMILES string of the molecule is Cc1cc(C#N)nc(SCC(N)=O)n1. The van der Waals surface area contributed by atoms with Crippen LogP contribution < -0.4 is 5.73 Å². The van der Waals surface area contributed by atoms with E-state index in [2.05, 4.69) is 9.97 Å². The van der Waals surface area contributed by atoms with Gasteiger partial charge in [0.25, 0.3) is 0 Å². The smallest absolute Gasteiger partial charge is 0.227 e. The zero-order valence-electron chi connectivity index (χ0n) is 7.52. The van der Waals surface area contributed by atoms with Gasteiger partial charge >= 0.3 is 0 Å². The summed E-state index contributed by atoms with van der Waals surface area (Å²) in [6.07, 6.45) is 0. The van der Waals surface area contributed by atoms with Crippen molar-refractivity contribution in [2.45, 2.75) is 12.1 Å². The molecule has 0 aliphatic heterocycles. The Hall–Kier alpha value is -1.61. The molecule has 1 heterocycles. The molecule has 5 nitrogen and oxygen atoms in total. The minimum absolute atomic E-state index is 0.119. The Bertz CT molecular complexity index is 399. The molecular weight excluding hydrogens is 200 g/mol. The number of rotatable bonds is 3. The summed E-state index contributed by atoms with van der Waals surface area (Å²) in [6.45, 7) is 1.76. The second-order valence-corrected chi connectivity index (χ2v) is 3.49. The van der Waals surface area contributed by atoms with Gasteiger partial charge in [0.1, 0.15) is 11.8 Å². The average Bonchev–Trinajstić information content (AvgIpc) is 2.14. The van der Waals surface area contributed by atoms with Gasteiger partial charge in [-0.3, -0.25) is 4.79 Å². The van der Waals surface area contributed by atoms with Crippen molar-refractivity contribution in [3.05, 3.63) is 17.5 Å². The van der Waals surface area contributed by atoms with Gasteiger partial charge in [0, 0.05) is 5.69 Å². The van der Waals surface area contributed by atoms with Gasteiger partial charge in [0.15, 0.2) is 5.16 Å². The van der Waals surface area contributed by atoms with Crippen LogP contribution in [0, 0.1) is 18.3 Å². The molecule has 14 heavy (non-hydrogen) atoms. The highest BCUT2D eigenvalue weighted by molar-refractivity contribution is 7.99. The Labute approximate surface area is 85.3 Å². The summed E-state index contributed by atoms with van der Waals surface area (Å²) < 4.78 is 0. The van der Waals surface area contributed by atoms with Crippen LogP contribution in [-0.2, 0) is 4.79 Å². The van der Waals surface area contributed by atoms with Crippen molar-refractivity contribution in [1.82, 2.24) is 9.97 Å². The van der Waals surface area contributed by atoms with E-state index in [1.807, 2.05) is 6.07 Å².